The van der Waals surface area contributed by atoms with Crippen LogP contribution >= 0.6 is 0 Å². The number of likely N-dealkylation sites (N-methyl/N-ethyl adjacent to an activating group) is 1. The van der Waals surface area contributed by atoms with Crippen LogP contribution in [0, 0.1) is 11.8 Å². The summed E-state index contributed by atoms with van der Waals surface area (Å²) in [6.45, 7) is 8.31. The molecule has 0 heterocycles. The van der Waals surface area contributed by atoms with E-state index >= 15 is 0 Å². The molecule has 1 saturated carbocycles. The summed E-state index contributed by atoms with van der Waals surface area (Å²) in [5.74, 6) is 0.486. The van der Waals surface area contributed by atoms with Gasteiger partial charge in [0.05, 0.1) is 18.1 Å². The first kappa shape index (κ1) is 16.4. The highest BCUT2D eigenvalue weighted by Crippen LogP contribution is 2.33. The van der Waals surface area contributed by atoms with E-state index in [1.807, 2.05) is 6.92 Å². The van der Waals surface area contributed by atoms with Crippen molar-refractivity contribution in [3.63, 3.8) is 0 Å². The van der Waals surface area contributed by atoms with Gasteiger partial charge in [0.2, 0.25) is 0 Å². The second-order valence-electron chi connectivity index (χ2n) is 6.34. The lowest BCUT2D eigenvalue weighted by Crippen LogP contribution is -2.46. The second-order valence-corrected chi connectivity index (χ2v) is 6.34. The van der Waals surface area contributed by atoms with Crippen molar-refractivity contribution in [1.82, 2.24) is 4.90 Å². The number of esters is 1. The van der Waals surface area contributed by atoms with Crippen LogP contribution in [0.1, 0.15) is 46.5 Å². The van der Waals surface area contributed by atoms with Crippen LogP contribution in [0.2, 0.25) is 0 Å². The van der Waals surface area contributed by atoms with Gasteiger partial charge >= 0.3 is 5.97 Å². The molecule has 0 aromatic rings. The van der Waals surface area contributed by atoms with E-state index in [4.69, 9.17) is 4.74 Å². The molecule has 4 nitrogen and oxygen atoms in total. The second kappa shape index (κ2) is 7.25. The van der Waals surface area contributed by atoms with E-state index in [2.05, 4.69) is 25.8 Å². The van der Waals surface area contributed by atoms with Crippen molar-refractivity contribution in [2.45, 2.75) is 52.1 Å². The smallest absolute Gasteiger partial charge is 0.308 e. The Hall–Kier alpha value is -0.610. The number of carbonyl (C=O) groups excluding carboxylic acids is 1. The summed E-state index contributed by atoms with van der Waals surface area (Å²) < 4.78 is 5.05. The lowest BCUT2D eigenvalue weighted by Gasteiger charge is -2.38. The third-order valence-electron chi connectivity index (χ3n) is 3.78. The van der Waals surface area contributed by atoms with Crippen LogP contribution in [-0.2, 0) is 9.53 Å². The van der Waals surface area contributed by atoms with Gasteiger partial charge in [0, 0.05) is 13.1 Å². The molecule has 0 aliphatic heterocycles. The number of nitrogens with zero attached hydrogens (tertiary/aromatic N) is 1. The van der Waals surface area contributed by atoms with Gasteiger partial charge in [-0.15, -0.1) is 0 Å². The molecule has 0 aromatic carbocycles. The number of carbonyl (C=O) groups is 1. The Morgan fingerprint density at radius 1 is 1.42 bits per heavy atom. The molecule has 19 heavy (non-hydrogen) atoms. The van der Waals surface area contributed by atoms with E-state index in [9.17, 15) is 9.90 Å². The molecule has 4 heteroatoms. The molecule has 1 aliphatic carbocycles. The van der Waals surface area contributed by atoms with E-state index in [1.165, 1.54) is 0 Å². The zero-order valence-corrected chi connectivity index (χ0v) is 12.8. The third kappa shape index (κ3) is 5.49. The van der Waals surface area contributed by atoms with E-state index in [-0.39, 0.29) is 11.9 Å². The Morgan fingerprint density at radius 2 is 2.00 bits per heavy atom. The molecule has 0 amide bonds. The number of rotatable bonds is 6. The topological polar surface area (TPSA) is 49.8 Å². The van der Waals surface area contributed by atoms with E-state index < -0.39 is 5.60 Å². The minimum atomic E-state index is -0.632. The Labute approximate surface area is 117 Å². The average molecular weight is 271 g/mol. The fourth-order valence-electron chi connectivity index (χ4n) is 3.00. The molecule has 1 aliphatic rings. The van der Waals surface area contributed by atoms with E-state index in [0.717, 1.165) is 19.4 Å². The minimum Gasteiger partial charge on any atom is -0.466 e. The summed E-state index contributed by atoms with van der Waals surface area (Å²) in [5, 5.41) is 10.6. The Morgan fingerprint density at radius 3 is 2.47 bits per heavy atom. The van der Waals surface area contributed by atoms with Crippen molar-refractivity contribution in [3.8, 4) is 0 Å². The number of hydrogen-bond donors (Lipinski definition) is 1. The standard InChI is InChI=1S/C15H29NO3/c1-5-19-14(17)13-6-8-15(18,9-7-13)11-16(4)10-12(2)3/h12-13,18H,5-11H2,1-4H3. The quantitative estimate of drug-likeness (QED) is 0.751. The van der Waals surface area contributed by atoms with Crippen molar-refractivity contribution in [1.29, 1.82) is 0 Å². The minimum absolute atomic E-state index is 0.0179. The van der Waals surface area contributed by atoms with Crippen molar-refractivity contribution >= 4 is 5.97 Å². The molecule has 1 N–H and O–H groups in total. The van der Waals surface area contributed by atoms with Gasteiger partial charge in [0.25, 0.3) is 0 Å². The van der Waals surface area contributed by atoms with Crippen LogP contribution in [-0.4, -0.2) is 48.3 Å². The molecule has 0 spiro atoms. The van der Waals surface area contributed by atoms with Crippen LogP contribution in [0.25, 0.3) is 0 Å². The maximum atomic E-state index is 11.7. The summed E-state index contributed by atoms with van der Waals surface area (Å²) in [7, 11) is 2.05. The molecule has 1 rings (SSSR count). The fraction of sp³-hybridized carbons (Fsp3) is 0.933. The molecule has 1 fully saturated rings. The van der Waals surface area contributed by atoms with Crippen LogP contribution in [0.5, 0.6) is 0 Å². The van der Waals surface area contributed by atoms with Gasteiger partial charge in [0.15, 0.2) is 0 Å². The normalized spacial score (nSPS) is 27.8. The number of aliphatic hydroxyl groups is 1. The van der Waals surface area contributed by atoms with E-state index in [1.54, 1.807) is 0 Å². The molecule has 112 valence electrons. The zero-order chi connectivity index (χ0) is 14.5. The molecule has 0 bridgehead atoms. The van der Waals surface area contributed by atoms with Crippen molar-refractivity contribution in [2.24, 2.45) is 11.8 Å². The molecule has 0 saturated heterocycles. The number of ether oxygens (including phenoxy) is 1. The number of hydrogen-bond acceptors (Lipinski definition) is 4. The molecule has 0 unspecified atom stereocenters. The zero-order valence-electron chi connectivity index (χ0n) is 12.8. The first-order valence-electron chi connectivity index (χ1n) is 7.44. The van der Waals surface area contributed by atoms with Gasteiger partial charge in [0.1, 0.15) is 0 Å². The highest BCUT2D eigenvalue weighted by atomic mass is 16.5. The Kier molecular flexibility index (Phi) is 6.27. The van der Waals surface area contributed by atoms with Crippen LogP contribution < -0.4 is 0 Å². The SMILES string of the molecule is CCOC(=O)C1CCC(O)(CN(C)CC(C)C)CC1. The van der Waals surface area contributed by atoms with Gasteiger partial charge in [-0.25, -0.2) is 0 Å². The Balaban J connectivity index is 2.40. The first-order chi connectivity index (χ1) is 8.86. The summed E-state index contributed by atoms with van der Waals surface area (Å²) in [6.07, 6.45) is 2.87. The van der Waals surface area contributed by atoms with Crippen LogP contribution in [0.3, 0.4) is 0 Å². The maximum absolute atomic E-state index is 11.7. The van der Waals surface area contributed by atoms with Gasteiger partial charge in [-0.1, -0.05) is 13.8 Å². The molecular formula is C15H29NO3. The highest BCUT2D eigenvalue weighted by molar-refractivity contribution is 5.72. The van der Waals surface area contributed by atoms with Gasteiger partial charge in [-0.2, -0.15) is 0 Å². The average Bonchev–Trinajstić information content (AvgIpc) is 2.28. The maximum Gasteiger partial charge on any atom is 0.308 e. The molecular weight excluding hydrogens is 242 g/mol. The highest BCUT2D eigenvalue weighted by Gasteiger charge is 2.37. The Bertz CT molecular complexity index is 283. The van der Waals surface area contributed by atoms with E-state index in [0.29, 0.717) is 31.9 Å². The van der Waals surface area contributed by atoms with Crippen molar-refractivity contribution < 1.29 is 14.6 Å². The predicted octanol–water partition coefficient (Wildman–Crippen LogP) is 2.06. The first-order valence-corrected chi connectivity index (χ1v) is 7.44. The summed E-state index contributed by atoms with van der Waals surface area (Å²) in [5.41, 5.74) is -0.632. The predicted molar refractivity (Wildman–Crippen MR) is 75.9 cm³/mol. The van der Waals surface area contributed by atoms with Crippen LogP contribution in [0.4, 0.5) is 0 Å². The summed E-state index contributed by atoms with van der Waals surface area (Å²) >= 11 is 0. The monoisotopic (exact) mass is 271 g/mol. The molecule has 0 atom stereocenters. The lowest BCUT2D eigenvalue weighted by molar-refractivity contribution is -0.151. The van der Waals surface area contributed by atoms with Crippen molar-refractivity contribution in [2.75, 3.05) is 26.7 Å². The summed E-state index contributed by atoms with van der Waals surface area (Å²) in [6, 6.07) is 0. The largest absolute Gasteiger partial charge is 0.466 e. The van der Waals surface area contributed by atoms with Gasteiger partial charge in [-0.3, -0.25) is 4.79 Å². The summed E-state index contributed by atoms with van der Waals surface area (Å²) in [4.78, 5) is 13.9. The third-order valence-corrected chi connectivity index (χ3v) is 3.78. The van der Waals surface area contributed by atoms with Gasteiger partial charge < -0.3 is 14.7 Å². The lowest BCUT2D eigenvalue weighted by atomic mass is 9.78. The molecule has 0 aromatic heterocycles. The van der Waals surface area contributed by atoms with Gasteiger partial charge in [-0.05, 0) is 45.6 Å². The van der Waals surface area contributed by atoms with Crippen molar-refractivity contribution in [3.05, 3.63) is 0 Å². The fourth-order valence-corrected chi connectivity index (χ4v) is 3.00. The van der Waals surface area contributed by atoms with Crippen LogP contribution in [0.15, 0.2) is 0 Å². The molecule has 0 radical (unpaired) electrons.